The smallest absolute Gasteiger partial charge is 0.406 e. The molecule has 0 bridgehead atoms. The molecule has 2 heterocycles. The molecule has 170 valence electrons. The number of benzene rings is 1. The van der Waals surface area contributed by atoms with E-state index in [9.17, 15) is 28.2 Å². The highest BCUT2D eigenvalue weighted by Crippen LogP contribution is 2.27. The van der Waals surface area contributed by atoms with Crippen molar-refractivity contribution in [1.82, 2.24) is 15.5 Å². The molecule has 1 aliphatic rings. The predicted molar refractivity (Wildman–Crippen MR) is 95.7 cm³/mol. The van der Waals surface area contributed by atoms with Crippen molar-refractivity contribution in [3.8, 4) is 17.1 Å². The van der Waals surface area contributed by atoms with Gasteiger partial charge in [0.05, 0.1) is 12.5 Å². The van der Waals surface area contributed by atoms with Crippen LogP contribution in [0.3, 0.4) is 0 Å². The Morgan fingerprint density at radius 3 is 2.52 bits per heavy atom. The number of aliphatic hydroxyl groups excluding tert-OH is 2. The summed E-state index contributed by atoms with van der Waals surface area (Å²) in [5, 5.41) is 26.6. The maximum absolute atomic E-state index is 12.2. The summed E-state index contributed by atoms with van der Waals surface area (Å²) in [7, 11) is 1.36. The lowest BCUT2D eigenvalue weighted by Gasteiger charge is -2.15. The van der Waals surface area contributed by atoms with E-state index in [-0.39, 0.29) is 37.0 Å². The van der Waals surface area contributed by atoms with Crippen LogP contribution in [0.1, 0.15) is 5.89 Å². The lowest BCUT2D eigenvalue weighted by atomic mass is 10.1. The van der Waals surface area contributed by atoms with Crippen molar-refractivity contribution >= 4 is 5.91 Å². The number of nitrogens with one attached hydrogen (secondary N) is 1. The van der Waals surface area contributed by atoms with Crippen molar-refractivity contribution in [2.24, 2.45) is 0 Å². The van der Waals surface area contributed by atoms with Crippen molar-refractivity contribution in [2.45, 2.75) is 37.2 Å². The third kappa shape index (κ3) is 6.13. The van der Waals surface area contributed by atoms with Crippen LogP contribution in [0.2, 0.25) is 0 Å². The van der Waals surface area contributed by atoms with Gasteiger partial charge in [-0.15, -0.1) is 13.2 Å². The summed E-state index contributed by atoms with van der Waals surface area (Å²) in [5.74, 6) is -0.583. The molecule has 3 rings (SSSR count). The maximum Gasteiger partial charge on any atom is 0.573 e. The molecule has 2 aromatic rings. The first kappa shape index (κ1) is 22.9. The van der Waals surface area contributed by atoms with Gasteiger partial charge in [-0.25, -0.2) is 0 Å². The van der Waals surface area contributed by atoms with Crippen LogP contribution in [-0.4, -0.2) is 77.3 Å². The number of alkyl halides is 3. The molecular weight excluding hydrogens is 427 g/mol. The Morgan fingerprint density at radius 2 is 1.87 bits per heavy atom. The van der Waals surface area contributed by atoms with E-state index in [1.165, 1.54) is 19.2 Å². The Morgan fingerprint density at radius 1 is 1.19 bits per heavy atom. The Hall–Kier alpha value is -2.74. The molecule has 1 aromatic carbocycles. The first-order chi connectivity index (χ1) is 14.7. The average molecular weight is 447 g/mol. The number of nitrogens with zero attached hydrogens (tertiary/aromatic N) is 2. The summed E-state index contributed by atoms with van der Waals surface area (Å²) in [6, 6.07) is 4.89. The topological polar surface area (TPSA) is 136 Å². The molecule has 4 atom stereocenters. The van der Waals surface area contributed by atoms with Gasteiger partial charge in [0.2, 0.25) is 17.6 Å². The minimum absolute atomic E-state index is 0.0248. The van der Waals surface area contributed by atoms with Gasteiger partial charge in [-0.1, -0.05) is 5.16 Å². The van der Waals surface area contributed by atoms with E-state index in [2.05, 4.69) is 24.9 Å². The highest BCUT2D eigenvalue weighted by Gasteiger charge is 2.43. The van der Waals surface area contributed by atoms with Gasteiger partial charge in [-0.3, -0.25) is 4.79 Å². The Bertz CT molecular complexity index is 875. The molecule has 13 heteroatoms. The molecule has 0 saturated carbocycles. The zero-order valence-corrected chi connectivity index (χ0v) is 16.2. The summed E-state index contributed by atoms with van der Waals surface area (Å²) in [5.41, 5.74) is 0.385. The first-order valence-corrected chi connectivity index (χ1v) is 9.12. The Balaban J connectivity index is 1.58. The van der Waals surface area contributed by atoms with Gasteiger partial charge in [-0.2, -0.15) is 4.98 Å². The van der Waals surface area contributed by atoms with Crippen LogP contribution in [-0.2, 0) is 20.7 Å². The second kappa shape index (κ2) is 9.60. The normalized spacial score (nSPS) is 23.7. The number of carbonyl (C=O) groups is 1. The number of carbonyl (C=O) groups excluding carboxylic acids is 1. The standard InChI is InChI=1S/C18H20F3N3O7/c1-28-8-13(25)22-7-12-16(27)15(26)11(29-12)6-14-23-17(24-31-14)9-2-4-10(5-3-9)30-18(19,20)21/h2-5,11-12,15-16,26-27H,6-8H2,1H3,(H,22,25)/t11-,12-,15-,16+/m0/s1. The van der Waals surface area contributed by atoms with Crippen molar-refractivity contribution in [1.29, 1.82) is 0 Å². The number of halogens is 3. The van der Waals surface area contributed by atoms with E-state index in [0.29, 0.717) is 5.56 Å². The third-order valence-electron chi connectivity index (χ3n) is 4.43. The Labute approximate surface area is 173 Å². The van der Waals surface area contributed by atoms with Crippen LogP contribution in [0, 0.1) is 0 Å². The monoisotopic (exact) mass is 447 g/mol. The molecule has 1 fully saturated rings. The molecule has 0 radical (unpaired) electrons. The van der Waals surface area contributed by atoms with Crippen LogP contribution in [0.15, 0.2) is 28.8 Å². The summed E-state index contributed by atoms with van der Waals surface area (Å²) >= 11 is 0. The second-order valence-corrected chi connectivity index (χ2v) is 6.72. The molecule has 0 aliphatic carbocycles. The fourth-order valence-electron chi connectivity index (χ4n) is 2.99. The molecule has 0 unspecified atom stereocenters. The average Bonchev–Trinajstić information content (AvgIpc) is 3.27. The van der Waals surface area contributed by atoms with E-state index in [4.69, 9.17) is 9.26 Å². The van der Waals surface area contributed by atoms with Crippen LogP contribution in [0.4, 0.5) is 13.2 Å². The molecule has 10 nitrogen and oxygen atoms in total. The highest BCUT2D eigenvalue weighted by molar-refractivity contribution is 5.77. The zero-order chi connectivity index (χ0) is 22.6. The van der Waals surface area contributed by atoms with Gasteiger partial charge in [0.15, 0.2) is 0 Å². The van der Waals surface area contributed by atoms with Crippen LogP contribution < -0.4 is 10.1 Å². The van der Waals surface area contributed by atoms with Gasteiger partial charge in [-0.05, 0) is 24.3 Å². The lowest BCUT2D eigenvalue weighted by Crippen LogP contribution is -2.40. The number of aliphatic hydroxyl groups is 2. The summed E-state index contributed by atoms with van der Waals surface area (Å²) in [6.07, 6.45) is -9.02. The summed E-state index contributed by atoms with van der Waals surface area (Å²) < 4.78 is 55.9. The van der Waals surface area contributed by atoms with Gasteiger partial charge in [0, 0.05) is 19.2 Å². The molecule has 0 spiro atoms. The zero-order valence-electron chi connectivity index (χ0n) is 16.2. The molecule has 3 N–H and O–H groups in total. The largest absolute Gasteiger partial charge is 0.573 e. The number of aromatic nitrogens is 2. The molecule has 1 aromatic heterocycles. The highest BCUT2D eigenvalue weighted by atomic mass is 19.4. The molecule has 1 amide bonds. The van der Waals surface area contributed by atoms with Crippen molar-refractivity contribution in [3.05, 3.63) is 30.2 Å². The second-order valence-electron chi connectivity index (χ2n) is 6.72. The summed E-state index contributed by atoms with van der Waals surface area (Å²) in [6.45, 7) is -0.179. The molecular formula is C18H20F3N3O7. The van der Waals surface area contributed by atoms with Crippen LogP contribution in [0.5, 0.6) is 5.75 Å². The van der Waals surface area contributed by atoms with Crippen LogP contribution >= 0.6 is 0 Å². The Kier molecular flexibility index (Phi) is 7.10. The third-order valence-corrected chi connectivity index (χ3v) is 4.43. The van der Waals surface area contributed by atoms with E-state index in [1.807, 2.05) is 0 Å². The number of amides is 1. The van der Waals surface area contributed by atoms with Crippen LogP contribution in [0.25, 0.3) is 11.4 Å². The van der Waals surface area contributed by atoms with Gasteiger partial charge in [0.25, 0.3) is 0 Å². The lowest BCUT2D eigenvalue weighted by molar-refractivity contribution is -0.274. The number of rotatable bonds is 8. The predicted octanol–water partition coefficient (Wildman–Crippen LogP) is 0.429. The minimum atomic E-state index is -4.79. The number of methoxy groups -OCH3 is 1. The van der Waals surface area contributed by atoms with E-state index in [0.717, 1.165) is 12.1 Å². The number of hydrogen-bond acceptors (Lipinski definition) is 9. The number of hydrogen-bond donors (Lipinski definition) is 3. The SMILES string of the molecule is COCC(=O)NC[C@@H]1O[C@@H](Cc2nc(-c3ccc(OC(F)(F)F)cc3)no2)[C@H](O)[C@@H]1O. The van der Waals surface area contributed by atoms with Gasteiger partial charge >= 0.3 is 6.36 Å². The van der Waals surface area contributed by atoms with Crippen molar-refractivity contribution in [2.75, 3.05) is 20.3 Å². The summed E-state index contributed by atoms with van der Waals surface area (Å²) in [4.78, 5) is 15.6. The van der Waals surface area contributed by atoms with Crippen molar-refractivity contribution in [3.63, 3.8) is 0 Å². The van der Waals surface area contributed by atoms with E-state index >= 15 is 0 Å². The molecule has 31 heavy (non-hydrogen) atoms. The van der Waals surface area contributed by atoms with Gasteiger partial charge in [0.1, 0.15) is 30.7 Å². The van der Waals surface area contributed by atoms with Gasteiger partial charge < -0.3 is 34.3 Å². The van der Waals surface area contributed by atoms with E-state index in [1.54, 1.807) is 0 Å². The quantitative estimate of drug-likeness (QED) is 0.526. The van der Waals surface area contributed by atoms with Crippen molar-refractivity contribution < 1.29 is 46.9 Å². The minimum Gasteiger partial charge on any atom is -0.406 e. The molecule has 1 saturated heterocycles. The fraction of sp³-hybridized carbons (Fsp3) is 0.500. The van der Waals surface area contributed by atoms with E-state index < -0.39 is 36.7 Å². The molecule has 1 aliphatic heterocycles. The first-order valence-electron chi connectivity index (χ1n) is 9.12. The maximum atomic E-state index is 12.2. The number of ether oxygens (including phenoxy) is 3. The fourth-order valence-corrected chi connectivity index (χ4v) is 2.99.